The SMILES string of the molecule is C[C@@H](Oc1ccc(Br)cc1)C(=O)NC1CCN(C)CC1. The Balaban J connectivity index is 1.81. The molecular formula is C15H21BrN2O2. The molecule has 0 radical (unpaired) electrons. The van der Waals surface area contributed by atoms with Crippen molar-refractivity contribution < 1.29 is 9.53 Å². The van der Waals surface area contributed by atoms with E-state index in [0.29, 0.717) is 5.75 Å². The molecule has 4 nitrogen and oxygen atoms in total. The molecule has 1 saturated heterocycles. The van der Waals surface area contributed by atoms with Gasteiger partial charge in [-0.05, 0) is 64.2 Å². The molecule has 0 saturated carbocycles. The molecule has 1 N–H and O–H groups in total. The second-order valence-electron chi connectivity index (χ2n) is 5.30. The minimum Gasteiger partial charge on any atom is -0.481 e. The topological polar surface area (TPSA) is 41.6 Å². The van der Waals surface area contributed by atoms with E-state index in [1.54, 1.807) is 6.92 Å². The van der Waals surface area contributed by atoms with E-state index >= 15 is 0 Å². The standard InChI is InChI=1S/C15H21BrN2O2/c1-11(20-14-5-3-12(16)4-6-14)15(19)17-13-7-9-18(2)10-8-13/h3-6,11,13H,7-10H2,1-2H3,(H,17,19)/t11-/m1/s1. The van der Waals surface area contributed by atoms with Crippen molar-refractivity contribution in [3.63, 3.8) is 0 Å². The molecular weight excluding hydrogens is 320 g/mol. The summed E-state index contributed by atoms with van der Waals surface area (Å²) in [6.45, 7) is 3.85. The van der Waals surface area contributed by atoms with Gasteiger partial charge in [-0.25, -0.2) is 0 Å². The van der Waals surface area contributed by atoms with Gasteiger partial charge in [0.1, 0.15) is 5.75 Å². The minimum absolute atomic E-state index is 0.0394. The fourth-order valence-corrected chi connectivity index (χ4v) is 2.51. The van der Waals surface area contributed by atoms with Crippen molar-refractivity contribution in [3.05, 3.63) is 28.7 Å². The van der Waals surface area contributed by atoms with Gasteiger partial charge >= 0.3 is 0 Å². The highest BCUT2D eigenvalue weighted by molar-refractivity contribution is 9.10. The molecule has 1 aromatic rings. The second-order valence-corrected chi connectivity index (χ2v) is 6.22. The molecule has 0 bridgehead atoms. The summed E-state index contributed by atoms with van der Waals surface area (Å²) >= 11 is 3.37. The van der Waals surface area contributed by atoms with Crippen molar-refractivity contribution in [3.8, 4) is 5.75 Å². The molecule has 1 fully saturated rings. The van der Waals surface area contributed by atoms with E-state index < -0.39 is 6.10 Å². The number of hydrogen-bond acceptors (Lipinski definition) is 3. The molecule has 1 amide bonds. The molecule has 0 aliphatic carbocycles. The Morgan fingerprint density at radius 3 is 2.55 bits per heavy atom. The summed E-state index contributed by atoms with van der Waals surface area (Å²) in [7, 11) is 2.11. The minimum atomic E-state index is -0.476. The fourth-order valence-electron chi connectivity index (χ4n) is 2.24. The Labute approximate surface area is 128 Å². The van der Waals surface area contributed by atoms with Gasteiger partial charge in [0, 0.05) is 10.5 Å². The monoisotopic (exact) mass is 340 g/mol. The number of benzene rings is 1. The highest BCUT2D eigenvalue weighted by atomic mass is 79.9. The number of likely N-dealkylation sites (tertiary alicyclic amines) is 1. The predicted molar refractivity (Wildman–Crippen MR) is 82.9 cm³/mol. The summed E-state index contributed by atoms with van der Waals surface area (Å²) in [5.74, 6) is 0.668. The number of hydrogen-bond donors (Lipinski definition) is 1. The van der Waals surface area contributed by atoms with Crippen molar-refractivity contribution in [1.82, 2.24) is 10.2 Å². The first kappa shape index (κ1) is 15.3. The summed E-state index contributed by atoms with van der Waals surface area (Å²) in [6, 6.07) is 7.77. The van der Waals surface area contributed by atoms with Crippen molar-refractivity contribution in [2.45, 2.75) is 31.9 Å². The van der Waals surface area contributed by atoms with Crippen LogP contribution in [0.3, 0.4) is 0 Å². The van der Waals surface area contributed by atoms with E-state index in [2.05, 4.69) is 33.2 Å². The van der Waals surface area contributed by atoms with Gasteiger partial charge in [0.15, 0.2) is 6.10 Å². The average Bonchev–Trinajstić information content (AvgIpc) is 2.44. The molecule has 20 heavy (non-hydrogen) atoms. The highest BCUT2D eigenvalue weighted by Crippen LogP contribution is 2.17. The van der Waals surface area contributed by atoms with Crippen LogP contribution in [0.5, 0.6) is 5.75 Å². The largest absolute Gasteiger partial charge is 0.481 e. The third kappa shape index (κ3) is 4.49. The lowest BCUT2D eigenvalue weighted by molar-refractivity contribution is -0.128. The lowest BCUT2D eigenvalue weighted by atomic mass is 10.1. The van der Waals surface area contributed by atoms with E-state index in [4.69, 9.17) is 4.74 Å². The van der Waals surface area contributed by atoms with Crippen LogP contribution in [0.15, 0.2) is 28.7 Å². The maximum atomic E-state index is 12.1. The Kier molecular flexibility index (Phi) is 5.43. The first-order valence-electron chi connectivity index (χ1n) is 6.96. The molecule has 0 unspecified atom stereocenters. The number of nitrogens with one attached hydrogen (secondary N) is 1. The molecule has 110 valence electrons. The Morgan fingerprint density at radius 2 is 1.95 bits per heavy atom. The van der Waals surface area contributed by atoms with Crippen LogP contribution in [-0.2, 0) is 4.79 Å². The van der Waals surface area contributed by atoms with Gasteiger partial charge in [-0.2, -0.15) is 0 Å². The van der Waals surface area contributed by atoms with E-state index in [1.165, 1.54) is 0 Å². The van der Waals surface area contributed by atoms with Crippen molar-refractivity contribution in [2.24, 2.45) is 0 Å². The number of ether oxygens (including phenoxy) is 1. The van der Waals surface area contributed by atoms with Gasteiger partial charge in [0.2, 0.25) is 0 Å². The molecule has 1 aliphatic rings. The zero-order chi connectivity index (χ0) is 14.5. The fraction of sp³-hybridized carbons (Fsp3) is 0.533. The zero-order valence-electron chi connectivity index (χ0n) is 11.9. The van der Waals surface area contributed by atoms with Gasteiger partial charge in [-0.3, -0.25) is 4.79 Å². The van der Waals surface area contributed by atoms with Gasteiger partial charge in [0.25, 0.3) is 5.91 Å². The number of rotatable bonds is 4. The van der Waals surface area contributed by atoms with E-state index in [-0.39, 0.29) is 11.9 Å². The number of amides is 1. The molecule has 1 aromatic carbocycles. The van der Waals surface area contributed by atoms with Crippen LogP contribution in [0.1, 0.15) is 19.8 Å². The van der Waals surface area contributed by atoms with Crippen LogP contribution in [-0.4, -0.2) is 43.1 Å². The molecule has 1 atom stereocenters. The maximum absolute atomic E-state index is 12.1. The Bertz CT molecular complexity index is 442. The molecule has 0 aromatic heterocycles. The normalized spacial score (nSPS) is 18.6. The van der Waals surface area contributed by atoms with Crippen molar-refractivity contribution in [1.29, 1.82) is 0 Å². The maximum Gasteiger partial charge on any atom is 0.260 e. The van der Waals surface area contributed by atoms with Crippen molar-refractivity contribution >= 4 is 21.8 Å². The highest BCUT2D eigenvalue weighted by Gasteiger charge is 2.22. The first-order chi connectivity index (χ1) is 9.54. The summed E-state index contributed by atoms with van der Waals surface area (Å²) < 4.78 is 6.64. The van der Waals surface area contributed by atoms with Crippen LogP contribution in [0.2, 0.25) is 0 Å². The zero-order valence-corrected chi connectivity index (χ0v) is 13.5. The van der Waals surface area contributed by atoms with Crippen molar-refractivity contribution in [2.75, 3.05) is 20.1 Å². The van der Waals surface area contributed by atoms with E-state index in [0.717, 1.165) is 30.4 Å². The summed E-state index contributed by atoms with van der Waals surface area (Å²) in [5, 5.41) is 3.07. The van der Waals surface area contributed by atoms with Crippen LogP contribution in [0.25, 0.3) is 0 Å². The predicted octanol–water partition coefficient (Wildman–Crippen LogP) is 2.43. The van der Waals surface area contributed by atoms with E-state index in [9.17, 15) is 4.79 Å². The number of nitrogens with zero attached hydrogens (tertiary/aromatic N) is 1. The van der Waals surface area contributed by atoms with Gasteiger partial charge in [-0.1, -0.05) is 15.9 Å². The van der Waals surface area contributed by atoms with Gasteiger partial charge in [0.05, 0.1) is 0 Å². The van der Waals surface area contributed by atoms with E-state index in [1.807, 2.05) is 24.3 Å². The third-order valence-corrected chi connectivity index (χ3v) is 4.09. The summed E-state index contributed by atoms with van der Waals surface area (Å²) in [5.41, 5.74) is 0. The van der Waals surface area contributed by atoms with Crippen LogP contribution < -0.4 is 10.1 Å². The molecule has 0 spiro atoms. The number of halogens is 1. The smallest absolute Gasteiger partial charge is 0.260 e. The molecule has 5 heteroatoms. The molecule has 2 rings (SSSR count). The quantitative estimate of drug-likeness (QED) is 0.915. The number of carbonyl (C=O) groups excluding carboxylic acids is 1. The van der Waals surface area contributed by atoms with Gasteiger partial charge < -0.3 is 15.0 Å². The number of piperidine rings is 1. The average molecular weight is 341 g/mol. The Morgan fingerprint density at radius 1 is 1.35 bits per heavy atom. The molecule has 1 heterocycles. The third-order valence-electron chi connectivity index (χ3n) is 3.56. The Hall–Kier alpha value is -1.07. The van der Waals surface area contributed by atoms with Crippen LogP contribution >= 0.6 is 15.9 Å². The summed E-state index contributed by atoms with van der Waals surface area (Å²) in [4.78, 5) is 14.4. The van der Waals surface area contributed by atoms with Gasteiger partial charge in [-0.15, -0.1) is 0 Å². The van der Waals surface area contributed by atoms with Crippen LogP contribution in [0.4, 0.5) is 0 Å². The lowest BCUT2D eigenvalue weighted by Crippen LogP contribution is -2.47. The number of carbonyl (C=O) groups is 1. The van der Waals surface area contributed by atoms with Crippen LogP contribution in [0, 0.1) is 0 Å². The first-order valence-corrected chi connectivity index (χ1v) is 7.75. The summed E-state index contributed by atoms with van der Waals surface area (Å²) in [6.07, 6.45) is 1.54. The molecule has 1 aliphatic heterocycles. The second kappa shape index (κ2) is 7.09. The lowest BCUT2D eigenvalue weighted by Gasteiger charge is -2.30.